The van der Waals surface area contributed by atoms with Gasteiger partial charge in [0.25, 0.3) is 0 Å². The van der Waals surface area contributed by atoms with E-state index in [0.717, 1.165) is 13.0 Å². The summed E-state index contributed by atoms with van der Waals surface area (Å²) in [6.07, 6.45) is 3.53. The fourth-order valence-electron chi connectivity index (χ4n) is 2.34. The summed E-state index contributed by atoms with van der Waals surface area (Å²) in [5.74, 6) is -0.619. The van der Waals surface area contributed by atoms with Crippen LogP contribution in [-0.4, -0.2) is 48.0 Å². The zero-order chi connectivity index (χ0) is 13.3. The van der Waals surface area contributed by atoms with Gasteiger partial charge < -0.3 is 19.2 Å². The van der Waals surface area contributed by atoms with Gasteiger partial charge in [-0.1, -0.05) is 12.1 Å². The topological polar surface area (TPSA) is 39.7 Å². The van der Waals surface area contributed by atoms with Gasteiger partial charge in [-0.05, 0) is 33.2 Å². The lowest BCUT2D eigenvalue weighted by Gasteiger charge is -2.42. The van der Waals surface area contributed by atoms with Gasteiger partial charge in [-0.3, -0.25) is 0 Å². The molecule has 1 aliphatic heterocycles. The Morgan fingerprint density at radius 3 is 2.78 bits per heavy atom. The zero-order valence-electron chi connectivity index (χ0n) is 11.7. The Bertz CT molecular complexity index is 234. The second kappa shape index (κ2) is 8.82. The van der Waals surface area contributed by atoms with E-state index >= 15 is 0 Å². The Morgan fingerprint density at radius 2 is 2.22 bits per heavy atom. The van der Waals surface area contributed by atoms with Crippen molar-refractivity contribution >= 4 is 9.76 Å². The molecule has 2 atom stereocenters. The van der Waals surface area contributed by atoms with Crippen molar-refractivity contribution in [2.24, 2.45) is 0 Å². The van der Waals surface area contributed by atoms with E-state index in [4.69, 9.17) is 13.9 Å². The van der Waals surface area contributed by atoms with Gasteiger partial charge in [0.15, 0.2) is 15.6 Å². The summed E-state index contributed by atoms with van der Waals surface area (Å²) in [7, 11) is -0.757. The predicted octanol–water partition coefficient (Wildman–Crippen LogP) is 1.14. The maximum absolute atomic E-state index is 6.07. The molecule has 1 fully saturated rings. The Balaban J connectivity index is 2.74. The van der Waals surface area contributed by atoms with Crippen molar-refractivity contribution in [1.82, 2.24) is 5.32 Å². The molecule has 0 bridgehead atoms. The Kier molecular flexibility index (Phi) is 7.77. The summed E-state index contributed by atoms with van der Waals surface area (Å²) in [5, 5.41) is 3.52. The van der Waals surface area contributed by atoms with Crippen LogP contribution in [0.25, 0.3) is 0 Å². The van der Waals surface area contributed by atoms with Gasteiger partial charge >= 0.3 is 0 Å². The van der Waals surface area contributed by atoms with Crippen molar-refractivity contribution in [3.63, 3.8) is 0 Å². The molecule has 1 heterocycles. The fraction of sp³-hybridized carbons (Fsp3) is 0.846. The van der Waals surface area contributed by atoms with E-state index in [1.165, 1.54) is 12.8 Å². The van der Waals surface area contributed by atoms with Gasteiger partial charge in [0.2, 0.25) is 0 Å². The summed E-state index contributed by atoms with van der Waals surface area (Å²) in [5.41, 5.74) is 1.89. The van der Waals surface area contributed by atoms with Crippen molar-refractivity contribution in [2.45, 2.75) is 44.9 Å². The van der Waals surface area contributed by atoms with Crippen LogP contribution in [0.1, 0.15) is 33.1 Å². The third kappa shape index (κ3) is 4.48. The Hall–Kier alpha value is -0.203. The minimum absolute atomic E-state index is 0.227. The number of rotatable bonds is 9. The SMILES string of the molecule is C=C[SiH2]OC(COCC)(OCC)C1CCCCN1. The van der Waals surface area contributed by atoms with Crippen molar-refractivity contribution in [3.05, 3.63) is 12.3 Å². The number of hydrogen-bond acceptors (Lipinski definition) is 4. The minimum Gasteiger partial charge on any atom is -0.390 e. The highest BCUT2D eigenvalue weighted by Crippen LogP contribution is 2.25. The van der Waals surface area contributed by atoms with Crippen LogP contribution in [0.15, 0.2) is 12.3 Å². The third-order valence-corrected chi connectivity index (χ3v) is 4.07. The van der Waals surface area contributed by atoms with Crippen molar-refractivity contribution in [2.75, 3.05) is 26.4 Å². The number of nitrogens with one attached hydrogen (secondary N) is 1. The van der Waals surface area contributed by atoms with E-state index in [2.05, 4.69) is 11.9 Å². The lowest BCUT2D eigenvalue weighted by atomic mass is 9.97. The molecule has 1 saturated heterocycles. The van der Waals surface area contributed by atoms with Crippen LogP contribution >= 0.6 is 0 Å². The van der Waals surface area contributed by atoms with Crippen molar-refractivity contribution < 1.29 is 13.9 Å². The van der Waals surface area contributed by atoms with Gasteiger partial charge in [-0.2, -0.15) is 0 Å². The summed E-state index contributed by atoms with van der Waals surface area (Å²) in [6.45, 7) is 10.6. The quantitative estimate of drug-likeness (QED) is 0.505. The molecule has 0 amide bonds. The first kappa shape index (κ1) is 15.9. The van der Waals surface area contributed by atoms with Crippen LogP contribution in [0, 0.1) is 0 Å². The molecule has 2 unspecified atom stereocenters. The summed E-state index contributed by atoms with van der Waals surface area (Å²) in [6, 6.07) is 0.227. The first-order chi connectivity index (χ1) is 8.79. The van der Waals surface area contributed by atoms with Crippen LogP contribution in [0.4, 0.5) is 0 Å². The van der Waals surface area contributed by atoms with Crippen LogP contribution in [-0.2, 0) is 13.9 Å². The predicted molar refractivity (Wildman–Crippen MR) is 76.3 cm³/mol. The molecular weight excluding hydrogens is 246 g/mol. The first-order valence-corrected chi connectivity index (χ1v) is 8.38. The van der Waals surface area contributed by atoms with Gasteiger partial charge in [0.05, 0.1) is 6.04 Å². The fourth-order valence-corrected chi connectivity index (χ4v) is 3.11. The number of hydrogen-bond donors (Lipinski definition) is 1. The third-order valence-electron chi connectivity index (χ3n) is 3.18. The van der Waals surface area contributed by atoms with E-state index < -0.39 is 15.6 Å². The summed E-state index contributed by atoms with van der Waals surface area (Å²) < 4.78 is 17.6. The van der Waals surface area contributed by atoms with Crippen LogP contribution < -0.4 is 5.32 Å². The van der Waals surface area contributed by atoms with E-state index in [-0.39, 0.29) is 6.04 Å². The van der Waals surface area contributed by atoms with Gasteiger partial charge in [-0.15, -0.1) is 6.58 Å². The standard InChI is InChI=1S/C13H27NO3Si/c1-4-15-11-13(16-5-2,17-18-6-3)12-9-7-8-10-14-12/h6,12,14H,3-5,7-11,18H2,1-2H3. The van der Waals surface area contributed by atoms with Gasteiger partial charge in [0.1, 0.15) is 6.61 Å². The zero-order valence-corrected chi connectivity index (χ0v) is 13.2. The normalized spacial score (nSPS) is 24.2. The monoisotopic (exact) mass is 273 g/mol. The smallest absolute Gasteiger partial charge is 0.198 e. The van der Waals surface area contributed by atoms with E-state index in [1.54, 1.807) is 0 Å². The van der Waals surface area contributed by atoms with Crippen LogP contribution in [0.5, 0.6) is 0 Å². The van der Waals surface area contributed by atoms with E-state index in [9.17, 15) is 0 Å². The highest BCUT2D eigenvalue weighted by molar-refractivity contribution is 6.34. The highest BCUT2D eigenvalue weighted by Gasteiger charge is 2.41. The molecule has 0 aromatic carbocycles. The maximum atomic E-state index is 6.07. The molecule has 1 N–H and O–H groups in total. The highest BCUT2D eigenvalue weighted by atomic mass is 28.2. The summed E-state index contributed by atoms with van der Waals surface area (Å²) in [4.78, 5) is 0. The molecule has 5 heteroatoms. The Labute approximate surface area is 113 Å². The van der Waals surface area contributed by atoms with Crippen molar-refractivity contribution in [1.29, 1.82) is 0 Å². The first-order valence-electron chi connectivity index (χ1n) is 6.99. The number of piperidine rings is 1. The molecule has 0 radical (unpaired) electrons. The van der Waals surface area contributed by atoms with Gasteiger partial charge in [0, 0.05) is 13.2 Å². The van der Waals surface area contributed by atoms with Crippen molar-refractivity contribution in [3.8, 4) is 0 Å². The average Bonchev–Trinajstić information content (AvgIpc) is 2.43. The lowest BCUT2D eigenvalue weighted by molar-refractivity contribution is -0.231. The molecule has 1 aliphatic rings. The molecule has 4 nitrogen and oxygen atoms in total. The van der Waals surface area contributed by atoms with Gasteiger partial charge in [-0.25, -0.2) is 0 Å². The van der Waals surface area contributed by atoms with E-state index in [1.807, 2.05) is 19.5 Å². The summed E-state index contributed by atoms with van der Waals surface area (Å²) >= 11 is 0. The molecule has 1 rings (SSSR count). The molecule has 0 aromatic heterocycles. The molecule has 106 valence electrons. The largest absolute Gasteiger partial charge is 0.390 e. The second-order valence-electron chi connectivity index (χ2n) is 4.48. The minimum atomic E-state index is -0.757. The molecular formula is C13H27NO3Si. The van der Waals surface area contributed by atoms with E-state index in [0.29, 0.717) is 19.8 Å². The maximum Gasteiger partial charge on any atom is 0.198 e. The number of ether oxygens (including phenoxy) is 2. The van der Waals surface area contributed by atoms with Crippen LogP contribution in [0.2, 0.25) is 0 Å². The lowest BCUT2D eigenvalue weighted by Crippen LogP contribution is -2.59. The second-order valence-corrected chi connectivity index (χ2v) is 5.68. The average molecular weight is 273 g/mol. The molecule has 0 aromatic rings. The van der Waals surface area contributed by atoms with Crippen LogP contribution in [0.3, 0.4) is 0 Å². The molecule has 0 aliphatic carbocycles. The molecule has 18 heavy (non-hydrogen) atoms. The molecule has 0 spiro atoms. The molecule has 0 saturated carbocycles. The Morgan fingerprint density at radius 1 is 1.39 bits per heavy atom.